The number of pyridine rings is 1. The van der Waals surface area contributed by atoms with Crippen molar-refractivity contribution in [2.75, 3.05) is 27.2 Å². The molecule has 0 radical (unpaired) electrons. The first-order chi connectivity index (χ1) is 14.9. The van der Waals surface area contributed by atoms with Crippen LogP contribution in [-0.2, 0) is 17.8 Å². The number of hydrogen-bond acceptors (Lipinski definition) is 6. The Morgan fingerprint density at radius 3 is 2.94 bits per heavy atom. The van der Waals surface area contributed by atoms with E-state index in [2.05, 4.69) is 24.0 Å². The van der Waals surface area contributed by atoms with Crippen molar-refractivity contribution >= 4 is 39.1 Å². The molecule has 2 aliphatic rings. The molecule has 5 rings (SSSR count). The summed E-state index contributed by atoms with van der Waals surface area (Å²) in [5.41, 5.74) is 3.60. The summed E-state index contributed by atoms with van der Waals surface area (Å²) in [5.74, 6) is 0.763. The minimum Gasteiger partial charge on any atom is -0.479 e. The molecule has 0 bridgehead atoms. The number of rotatable bonds is 4. The van der Waals surface area contributed by atoms with E-state index >= 15 is 0 Å². The number of aliphatic hydroxyl groups is 1. The average Bonchev–Trinajstić information content (AvgIpc) is 3.49. The molecule has 0 aliphatic carbocycles. The quantitative estimate of drug-likeness (QED) is 0.648. The van der Waals surface area contributed by atoms with Gasteiger partial charge in [0.15, 0.2) is 6.10 Å². The molecule has 6 nitrogen and oxygen atoms in total. The molecule has 1 N–H and O–H groups in total. The Bertz CT molecular complexity index is 1160. The third kappa shape index (κ3) is 3.69. The highest BCUT2D eigenvalue weighted by Crippen LogP contribution is 2.44. The highest BCUT2D eigenvalue weighted by Gasteiger charge is 2.37. The molecule has 8 heteroatoms. The van der Waals surface area contributed by atoms with E-state index in [9.17, 15) is 9.90 Å². The number of likely N-dealkylation sites (tertiary alicyclic amines) is 1. The van der Waals surface area contributed by atoms with Crippen LogP contribution in [0.1, 0.15) is 16.9 Å². The molecule has 1 aromatic carbocycles. The van der Waals surface area contributed by atoms with Crippen molar-refractivity contribution in [1.29, 1.82) is 0 Å². The summed E-state index contributed by atoms with van der Waals surface area (Å²) in [5, 5.41) is 10.2. The summed E-state index contributed by atoms with van der Waals surface area (Å²) in [7, 11) is 4.11. The van der Waals surface area contributed by atoms with Crippen molar-refractivity contribution < 1.29 is 14.6 Å². The van der Waals surface area contributed by atoms with Crippen molar-refractivity contribution in [3.05, 3.63) is 45.9 Å². The molecule has 1 fully saturated rings. The van der Waals surface area contributed by atoms with E-state index < -0.39 is 6.10 Å². The molecular weight excluding hydrogens is 434 g/mol. The first-order valence-corrected chi connectivity index (χ1v) is 11.6. The van der Waals surface area contributed by atoms with Crippen molar-refractivity contribution in [2.45, 2.75) is 31.6 Å². The highest BCUT2D eigenvalue weighted by molar-refractivity contribution is 7.19. The van der Waals surface area contributed by atoms with Gasteiger partial charge in [-0.25, -0.2) is 0 Å². The number of likely N-dealkylation sites (N-methyl/N-ethyl adjacent to an activating group) is 1. The molecule has 0 unspecified atom stereocenters. The summed E-state index contributed by atoms with van der Waals surface area (Å²) in [6, 6.07) is 8.01. The minimum absolute atomic E-state index is 0.0228. The third-order valence-corrected chi connectivity index (χ3v) is 7.55. The molecular formula is C23H24ClN3O3S. The lowest BCUT2D eigenvalue weighted by Crippen LogP contribution is -2.41. The number of nitrogens with zero attached hydrogens (tertiary/aromatic N) is 3. The van der Waals surface area contributed by atoms with Gasteiger partial charge in [-0.15, -0.1) is 11.3 Å². The summed E-state index contributed by atoms with van der Waals surface area (Å²) >= 11 is 7.97. The standard InChI is InChI=1S/C23H24ClN3O3S/c1-26(2)15-4-6-27(11-15)23(29)20-8-13-7-14(24)9-18(21(13)30-20)17-3-5-25-19-10-16(12-28)31-22(17)19/h3,5,7,9-10,15,20,28H,4,6,8,11-12H2,1-2H3/t15-,20+/m0/s1. The fraction of sp³-hybridized carbons (Fsp3) is 0.391. The predicted octanol–water partition coefficient (Wildman–Crippen LogP) is 3.58. The van der Waals surface area contributed by atoms with E-state index in [-0.39, 0.29) is 12.5 Å². The van der Waals surface area contributed by atoms with Crippen LogP contribution in [0.15, 0.2) is 30.5 Å². The summed E-state index contributed by atoms with van der Waals surface area (Å²) in [6.45, 7) is 1.47. The Kier molecular flexibility index (Phi) is 5.38. The van der Waals surface area contributed by atoms with Crippen molar-refractivity contribution in [1.82, 2.24) is 14.8 Å². The lowest BCUT2D eigenvalue weighted by molar-refractivity contribution is -0.136. The van der Waals surface area contributed by atoms with Gasteiger partial charge in [0.1, 0.15) is 5.75 Å². The summed E-state index contributed by atoms with van der Waals surface area (Å²) in [6.07, 6.45) is 2.73. The molecule has 162 valence electrons. The number of thiophene rings is 1. The van der Waals surface area contributed by atoms with E-state index in [1.54, 1.807) is 6.20 Å². The number of ether oxygens (including phenoxy) is 1. The molecule has 1 amide bonds. The van der Waals surface area contributed by atoms with Gasteiger partial charge in [-0.1, -0.05) is 11.6 Å². The molecule has 3 aromatic rings. The SMILES string of the molecule is CN(C)[C@H]1CCN(C(=O)[C@H]2Cc3cc(Cl)cc(-c4ccnc5cc(CO)sc45)c3O2)C1. The van der Waals surface area contributed by atoms with Gasteiger partial charge in [-0.2, -0.15) is 0 Å². The Labute approximate surface area is 190 Å². The lowest BCUT2D eigenvalue weighted by atomic mass is 10.0. The number of benzene rings is 1. The van der Waals surface area contributed by atoms with Crippen LogP contribution in [0.3, 0.4) is 0 Å². The Morgan fingerprint density at radius 1 is 1.35 bits per heavy atom. The van der Waals surface area contributed by atoms with E-state index in [1.165, 1.54) is 11.3 Å². The van der Waals surface area contributed by atoms with Gasteiger partial charge in [-0.3, -0.25) is 9.78 Å². The molecule has 0 saturated carbocycles. The second-order valence-electron chi connectivity index (χ2n) is 8.39. The molecule has 2 atom stereocenters. The number of hydrogen-bond donors (Lipinski definition) is 1. The van der Waals surface area contributed by atoms with Crippen LogP contribution >= 0.6 is 22.9 Å². The lowest BCUT2D eigenvalue weighted by Gasteiger charge is -2.22. The predicted molar refractivity (Wildman–Crippen MR) is 123 cm³/mol. The maximum absolute atomic E-state index is 13.2. The zero-order valence-corrected chi connectivity index (χ0v) is 19.0. The number of aliphatic hydroxyl groups excluding tert-OH is 1. The van der Waals surface area contributed by atoms with Gasteiger partial charge in [-0.05, 0) is 44.8 Å². The van der Waals surface area contributed by atoms with E-state index in [1.807, 2.05) is 29.2 Å². The van der Waals surface area contributed by atoms with Gasteiger partial charge in [0.2, 0.25) is 0 Å². The Morgan fingerprint density at radius 2 is 2.19 bits per heavy atom. The summed E-state index contributed by atoms with van der Waals surface area (Å²) < 4.78 is 7.25. The van der Waals surface area contributed by atoms with Gasteiger partial charge in [0, 0.05) is 58.3 Å². The van der Waals surface area contributed by atoms with Crippen molar-refractivity contribution in [2.24, 2.45) is 0 Å². The van der Waals surface area contributed by atoms with Crippen LogP contribution in [0.4, 0.5) is 0 Å². The monoisotopic (exact) mass is 457 g/mol. The smallest absolute Gasteiger partial charge is 0.264 e. The van der Waals surface area contributed by atoms with Crippen LogP contribution < -0.4 is 4.74 Å². The minimum atomic E-state index is -0.526. The molecule has 31 heavy (non-hydrogen) atoms. The van der Waals surface area contributed by atoms with Gasteiger partial charge < -0.3 is 19.6 Å². The van der Waals surface area contributed by atoms with Gasteiger partial charge in [0.25, 0.3) is 5.91 Å². The number of carbonyl (C=O) groups is 1. The zero-order chi connectivity index (χ0) is 21.7. The van der Waals surface area contributed by atoms with E-state index in [0.29, 0.717) is 17.5 Å². The zero-order valence-electron chi connectivity index (χ0n) is 17.5. The topological polar surface area (TPSA) is 65.9 Å². The number of fused-ring (bicyclic) bond motifs is 2. The average molecular weight is 458 g/mol. The largest absolute Gasteiger partial charge is 0.479 e. The highest BCUT2D eigenvalue weighted by atomic mass is 35.5. The van der Waals surface area contributed by atoms with Crippen LogP contribution in [0.5, 0.6) is 5.75 Å². The van der Waals surface area contributed by atoms with Crippen LogP contribution in [0.2, 0.25) is 5.02 Å². The van der Waals surface area contributed by atoms with Crippen molar-refractivity contribution in [3.63, 3.8) is 0 Å². The molecule has 0 spiro atoms. The molecule has 1 saturated heterocycles. The number of amides is 1. The summed E-state index contributed by atoms with van der Waals surface area (Å²) in [4.78, 5) is 22.6. The van der Waals surface area contributed by atoms with Crippen LogP contribution in [0, 0.1) is 0 Å². The normalized spacial score (nSPS) is 20.5. The van der Waals surface area contributed by atoms with E-state index in [0.717, 1.165) is 57.0 Å². The maximum Gasteiger partial charge on any atom is 0.264 e. The van der Waals surface area contributed by atoms with Crippen molar-refractivity contribution in [3.8, 4) is 16.9 Å². The first-order valence-electron chi connectivity index (χ1n) is 10.4. The number of carbonyl (C=O) groups excluding carboxylic acids is 1. The van der Waals surface area contributed by atoms with Crippen LogP contribution in [-0.4, -0.2) is 65.1 Å². The number of aromatic nitrogens is 1. The third-order valence-electron chi connectivity index (χ3n) is 6.19. The Hall–Kier alpha value is -2.19. The number of halogens is 1. The van der Waals surface area contributed by atoms with E-state index in [4.69, 9.17) is 16.3 Å². The maximum atomic E-state index is 13.2. The Balaban J connectivity index is 1.48. The van der Waals surface area contributed by atoms with Gasteiger partial charge >= 0.3 is 0 Å². The molecule has 2 aromatic heterocycles. The second-order valence-corrected chi connectivity index (χ2v) is 9.96. The van der Waals surface area contributed by atoms with Crippen LogP contribution in [0.25, 0.3) is 21.3 Å². The fourth-order valence-electron chi connectivity index (χ4n) is 4.51. The van der Waals surface area contributed by atoms with Gasteiger partial charge in [0.05, 0.1) is 16.8 Å². The molecule has 4 heterocycles. The second kappa shape index (κ2) is 8.06. The molecule has 2 aliphatic heterocycles. The fourth-order valence-corrected chi connectivity index (χ4v) is 5.75. The first kappa shape index (κ1) is 20.7.